The van der Waals surface area contributed by atoms with E-state index in [1.807, 2.05) is 43.3 Å². The summed E-state index contributed by atoms with van der Waals surface area (Å²) in [7, 11) is 0. The Balaban J connectivity index is 1.92. The molecule has 5 nitrogen and oxygen atoms in total. The first-order valence-corrected chi connectivity index (χ1v) is 11.1. The molecule has 0 saturated heterocycles. The van der Waals surface area contributed by atoms with Crippen molar-refractivity contribution in [1.82, 2.24) is 0 Å². The third-order valence-electron chi connectivity index (χ3n) is 3.91. The normalized spacial score (nSPS) is 14.9. The predicted octanol–water partition coefficient (Wildman–Crippen LogP) is 5.83. The van der Waals surface area contributed by atoms with E-state index >= 15 is 0 Å². The summed E-state index contributed by atoms with van der Waals surface area (Å²) in [5.74, 6) is 1.48. The molecule has 2 aromatic rings. The highest BCUT2D eigenvalue weighted by Gasteiger charge is 2.24. The number of ether oxygens (including phenoxy) is 3. The molecule has 0 aliphatic carbocycles. The minimum atomic E-state index is -0.479. The molecular weight excluding hydrogens is 549 g/mol. The van der Waals surface area contributed by atoms with Gasteiger partial charge in [-0.25, -0.2) is 9.79 Å². The molecule has 0 amide bonds. The third kappa shape index (κ3) is 5.60. The van der Waals surface area contributed by atoms with Crippen molar-refractivity contribution in [3.05, 3.63) is 61.3 Å². The third-order valence-corrected chi connectivity index (χ3v) is 5.22. The zero-order chi connectivity index (χ0) is 21.0. The van der Waals surface area contributed by atoms with E-state index in [0.717, 1.165) is 19.2 Å². The molecule has 0 N–H and O–H groups in total. The van der Waals surface area contributed by atoms with Crippen molar-refractivity contribution in [2.75, 3.05) is 13.2 Å². The smallest absolute Gasteiger partial charge is 0.363 e. The second-order valence-corrected chi connectivity index (χ2v) is 8.91. The van der Waals surface area contributed by atoms with E-state index in [1.54, 1.807) is 6.08 Å². The number of hydrogen-bond donors (Lipinski definition) is 0. The van der Waals surface area contributed by atoms with Crippen LogP contribution in [-0.4, -0.2) is 25.1 Å². The molecule has 3 rings (SSSR count). The van der Waals surface area contributed by atoms with E-state index in [0.29, 0.717) is 36.5 Å². The predicted molar refractivity (Wildman–Crippen MR) is 125 cm³/mol. The Hall–Kier alpha value is -1.87. The van der Waals surface area contributed by atoms with Crippen molar-refractivity contribution in [2.24, 2.45) is 10.9 Å². The topological polar surface area (TPSA) is 57.1 Å². The minimum absolute atomic E-state index is 0.240. The first kappa shape index (κ1) is 21.8. The number of cyclic esters (lactones) is 1. The van der Waals surface area contributed by atoms with Crippen LogP contribution in [0.2, 0.25) is 0 Å². The monoisotopic (exact) mass is 569 g/mol. The van der Waals surface area contributed by atoms with Gasteiger partial charge in [0.25, 0.3) is 0 Å². The van der Waals surface area contributed by atoms with E-state index in [4.69, 9.17) is 14.2 Å². The molecule has 1 aliphatic heterocycles. The van der Waals surface area contributed by atoms with Crippen LogP contribution >= 0.6 is 38.5 Å². The van der Waals surface area contributed by atoms with Crippen LogP contribution in [0.4, 0.5) is 0 Å². The summed E-state index contributed by atoms with van der Waals surface area (Å²) in [6.07, 6.45) is 1.68. The zero-order valence-corrected chi connectivity index (χ0v) is 20.1. The summed E-state index contributed by atoms with van der Waals surface area (Å²) < 4.78 is 18.8. The molecule has 0 unspecified atom stereocenters. The molecule has 7 heteroatoms. The lowest BCUT2D eigenvalue weighted by Gasteiger charge is -2.16. The molecule has 0 saturated carbocycles. The van der Waals surface area contributed by atoms with E-state index in [-0.39, 0.29) is 5.70 Å². The van der Waals surface area contributed by atoms with Crippen LogP contribution in [0, 0.1) is 9.49 Å². The van der Waals surface area contributed by atoms with Gasteiger partial charge in [-0.1, -0.05) is 13.8 Å². The number of carbonyl (C=O) groups excluding carboxylic acids is 1. The largest absolute Gasteiger partial charge is 0.490 e. The molecule has 0 bridgehead atoms. The van der Waals surface area contributed by atoms with Crippen LogP contribution in [0.3, 0.4) is 0 Å². The molecule has 2 aromatic carbocycles. The van der Waals surface area contributed by atoms with Crippen molar-refractivity contribution in [1.29, 1.82) is 0 Å². The van der Waals surface area contributed by atoms with Gasteiger partial charge in [0.2, 0.25) is 5.90 Å². The fraction of sp³-hybridized carbons (Fsp3) is 0.273. The Kier molecular flexibility index (Phi) is 7.34. The van der Waals surface area contributed by atoms with E-state index in [1.165, 1.54) is 0 Å². The van der Waals surface area contributed by atoms with Crippen molar-refractivity contribution in [3.8, 4) is 11.5 Å². The van der Waals surface area contributed by atoms with Gasteiger partial charge >= 0.3 is 5.97 Å². The fourth-order valence-corrected chi connectivity index (χ4v) is 3.54. The first-order valence-electron chi connectivity index (χ1n) is 9.25. The molecule has 29 heavy (non-hydrogen) atoms. The molecule has 152 valence electrons. The van der Waals surface area contributed by atoms with Crippen LogP contribution in [0.5, 0.6) is 11.5 Å². The zero-order valence-electron chi connectivity index (χ0n) is 16.4. The van der Waals surface area contributed by atoms with Gasteiger partial charge < -0.3 is 14.2 Å². The standard InChI is InChI=1S/C22H21BrINO4/c1-4-27-19-11-14(9-17(23)20(19)28-12-13(2)3)10-18-22(26)29-21(25-18)15-5-7-16(24)8-6-15/h5-11,13H,4,12H2,1-3H3/b18-10-. The number of carbonyl (C=O) groups is 1. The van der Waals surface area contributed by atoms with E-state index in [9.17, 15) is 4.79 Å². The summed E-state index contributed by atoms with van der Waals surface area (Å²) in [5, 5.41) is 0. The lowest BCUT2D eigenvalue weighted by atomic mass is 10.1. The SMILES string of the molecule is CCOc1cc(/C=C2\N=C(c3ccc(I)cc3)OC2=O)cc(Br)c1OCC(C)C. The highest BCUT2D eigenvalue weighted by molar-refractivity contribution is 14.1. The van der Waals surface area contributed by atoms with Gasteiger partial charge in [0.15, 0.2) is 17.2 Å². The molecule has 0 fully saturated rings. The first-order chi connectivity index (χ1) is 13.9. The van der Waals surface area contributed by atoms with Crippen molar-refractivity contribution in [2.45, 2.75) is 20.8 Å². The lowest BCUT2D eigenvalue weighted by Crippen LogP contribution is -2.07. The number of nitrogens with zero attached hydrogens (tertiary/aromatic N) is 1. The van der Waals surface area contributed by atoms with Gasteiger partial charge in [-0.15, -0.1) is 0 Å². The second kappa shape index (κ2) is 9.75. The van der Waals surface area contributed by atoms with Crippen LogP contribution in [0.15, 0.2) is 51.6 Å². The van der Waals surface area contributed by atoms with Crippen molar-refractivity contribution < 1.29 is 19.0 Å². The molecule has 1 heterocycles. The summed E-state index contributed by atoms with van der Waals surface area (Å²) in [6.45, 7) is 7.16. The van der Waals surface area contributed by atoms with Gasteiger partial charge in [0, 0.05) is 9.13 Å². The Bertz CT molecular complexity index is 968. The maximum atomic E-state index is 12.3. The van der Waals surface area contributed by atoms with Gasteiger partial charge in [0.05, 0.1) is 17.7 Å². The number of halogens is 2. The van der Waals surface area contributed by atoms with Crippen molar-refractivity contribution in [3.63, 3.8) is 0 Å². The average Bonchev–Trinajstić information content (AvgIpc) is 3.02. The number of benzene rings is 2. The summed E-state index contributed by atoms with van der Waals surface area (Å²) in [4.78, 5) is 16.7. The molecule has 0 aromatic heterocycles. The molecule has 1 aliphatic rings. The summed E-state index contributed by atoms with van der Waals surface area (Å²) >= 11 is 5.77. The van der Waals surface area contributed by atoms with Gasteiger partial charge in [-0.3, -0.25) is 0 Å². The molecular formula is C22H21BrINO4. The number of esters is 1. The summed E-state index contributed by atoms with van der Waals surface area (Å²) in [6, 6.07) is 11.3. The number of hydrogen-bond acceptors (Lipinski definition) is 5. The molecule has 0 spiro atoms. The maximum absolute atomic E-state index is 12.3. The lowest BCUT2D eigenvalue weighted by molar-refractivity contribution is -0.129. The quantitative estimate of drug-likeness (QED) is 0.239. The van der Waals surface area contributed by atoms with Crippen LogP contribution in [0.1, 0.15) is 31.9 Å². The Morgan fingerprint density at radius 3 is 2.59 bits per heavy atom. The van der Waals surface area contributed by atoms with Gasteiger partial charge in [0.1, 0.15) is 0 Å². The van der Waals surface area contributed by atoms with Crippen LogP contribution in [-0.2, 0) is 9.53 Å². The number of rotatable bonds is 7. The van der Waals surface area contributed by atoms with E-state index < -0.39 is 5.97 Å². The summed E-state index contributed by atoms with van der Waals surface area (Å²) in [5.41, 5.74) is 1.76. The highest BCUT2D eigenvalue weighted by atomic mass is 127. The average molecular weight is 570 g/mol. The number of aliphatic imine (C=N–C) groups is 1. The molecule has 0 atom stereocenters. The Morgan fingerprint density at radius 2 is 1.93 bits per heavy atom. The second-order valence-electron chi connectivity index (χ2n) is 6.81. The minimum Gasteiger partial charge on any atom is -0.490 e. The van der Waals surface area contributed by atoms with E-state index in [2.05, 4.69) is 57.4 Å². The van der Waals surface area contributed by atoms with Crippen LogP contribution < -0.4 is 9.47 Å². The highest BCUT2D eigenvalue weighted by Crippen LogP contribution is 2.38. The van der Waals surface area contributed by atoms with Gasteiger partial charge in [-0.05, 0) is 99.4 Å². The Morgan fingerprint density at radius 1 is 1.21 bits per heavy atom. The van der Waals surface area contributed by atoms with Crippen molar-refractivity contribution >= 4 is 56.5 Å². The molecule has 0 radical (unpaired) electrons. The van der Waals surface area contributed by atoms with Crippen LogP contribution in [0.25, 0.3) is 6.08 Å². The maximum Gasteiger partial charge on any atom is 0.363 e. The Labute approximate surface area is 192 Å². The fourth-order valence-electron chi connectivity index (χ4n) is 2.61. The van der Waals surface area contributed by atoms with Gasteiger partial charge in [-0.2, -0.15) is 0 Å².